The third kappa shape index (κ3) is 4.09. The molecule has 0 bridgehead atoms. The molecule has 2 saturated heterocycles. The third-order valence-corrected chi connectivity index (χ3v) is 7.46. The summed E-state index contributed by atoms with van der Waals surface area (Å²) < 4.78 is 0. The Labute approximate surface area is 182 Å². The predicted octanol–water partition coefficient (Wildman–Crippen LogP) is 3.14. The molecule has 0 amide bonds. The number of rotatable bonds is 5. The lowest BCUT2D eigenvalue weighted by Gasteiger charge is -2.33. The zero-order valence-electron chi connectivity index (χ0n) is 17.5. The van der Waals surface area contributed by atoms with E-state index in [0.29, 0.717) is 5.92 Å². The van der Waals surface area contributed by atoms with Crippen LogP contribution in [0.15, 0.2) is 35.7 Å². The van der Waals surface area contributed by atoms with Gasteiger partial charge in [0.25, 0.3) is 0 Å². The number of aromatic nitrogens is 2. The molecule has 2 fully saturated rings. The van der Waals surface area contributed by atoms with Gasteiger partial charge in [-0.05, 0) is 43.6 Å². The third-order valence-electron chi connectivity index (χ3n) is 6.59. The first-order valence-corrected chi connectivity index (χ1v) is 12.2. The van der Waals surface area contributed by atoms with Gasteiger partial charge in [0.1, 0.15) is 17.2 Å². The minimum Gasteiger partial charge on any atom is -0.396 e. The number of nitrogens with one attached hydrogen (secondary N) is 1. The van der Waals surface area contributed by atoms with Crippen molar-refractivity contribution in [3.05, 3.63) is 41.5 Å². The Morgan fingerprint density at radius 1 is 1.07 bits per heavy atom. The second-order valence-corrected chi connectivity index (χ2v) is 9.64. The van der Waals surface area contributed by atoms with Gasteiger partial charge in [-0.1, -0.05) is 30.3 Å². The molecule has 158 valence electrons. The topological polar surface area (TPSA) is 53.7 Å². The van der Waals surface area contributed by atoms with Crippen LogP contribution >= 0.6 is 11.3 Å². The summed E-state index contributed by atoms with van der Waals surface area (Å²) >= 11 is 1.73. The molecular weight excluding hydrogens is 392 g/mol. The number of hydrogen-bond donors (Lipinski definition) is 2. The maximum atomic E-state index is 9.77. The molecule has 0 spiro atoms. The normalized spacial score (nSPS) is 20.7. The van der Waals surface area contributed by atoms with E-state index in [1.165, 1.54) is 48.9 Å². The van der Waals surface area contributed by atoms with E-state index >= 15 is 0 Å². The Hall–Kier alpha value is -2.02. The minimum atomic E-state index is 0.255. The van der Waals surface area contributed by atoms with Crippen molar-refractivity contribution >= 4 is 27.4 Å². The number of aliphatic hydroxyl groups excluding tert-OH is 1. The second-order valence-electron chi connectivity index (χ2n) is 8.78. The van der Waals surface area contributed by atoms with Crippen molar-refractivity contribution in [1.29, 1.82) is 0 Å². The van der Waals surface area contributed by atoms with Crippen LogP contribution in [0.25, 0.3) is 21.3 Å². The molecule has 3 aromatic rings. The lowest BCUT2D eigenvalue weighted by molar-refractivity contribution is -0.919. The SMILES string of the molecule is OC[C@@H]1CCCN(c2nc(C[NH+]3CCCCC3)nc3scc(-c4ccccc4)c23)C1. The van der Waals surface area contributed by atoms with E-state index in [2.05, 4.69) is 40.6 Å². The quantitative estimate of drug-likeness (QED) is 0.662. The highest BCUT2D eigenvalue weighted by Crippen LogP contribution is 2.39. The molecule has 5 nitrogen and oxygen atoms in total. The first kappa shape index (κ1) is 19.9. The van der Waals surface area contributed by atoms with Crippen LogP contribution in [0.2, 0.25) is 0 Å². The van der Waals surface area contributed by atoms with Crippen LogP contribution in [-0.4, -0.2) is 47.9 Å². The number of piperidine rings is 2. The highest BCUT2D eigenvalue weighted by molar-refractivity contribution is 7.17. The Bertz CT molecular complexity index is 984. The largest absolute Gasteiger partial charge is 0.396 e. The zero-order chi connectivity index (χ0) is 20.3. The molecule has 1 aromatic carbocycles. The molecule has 2 N–H and O–H groups in total. The minimum absolute atomic E-state index is 0.255. The molecule has 0 aliphatic carbocycles. The fourth-order valence-corrected chi connectivity index (χ4v) is 5.92. The number of quaternary nitrogens is 1. The lowest BCUT2D eigenvalue weighted by atomic mass is 9.98. The molecule has 4 heterocycles. The summed E-state index contributed by atoms with van der Waals surface area (Å²) in [6, 6.07) is 10.6. The molecule has 2 aliphatic heterocycles. The van der Waals surface area contributed by atoms with E-state index in [1.54, 1.807) is 16.2 Å². The van der Waals surface area contributed by atoms with Crippen molar-refractivity contribution < 1.29 is 10.0 Å². The molecule has 0 radical (unpaired) electrons. The van der Waals surface area contributed by atoms with Crippen LogP contribution < -0.4 is 9.80 Å². The standard InChI is InChI=1S/C24H30N4OS/c29-16-18-8-7-13-28(14-18)23-22-20(19-9-3-1-4-10-19)17-30-24(22)26-21(25-23)15-27-11-5-2-6-12-27/h1,3-4,9-10,17-18,29H,2,5-8,11-16H2/p+1/t18-/m1/s1. The van der Waals surface area contributed by atoms with Gasteiger partial charge in [0.05, 0.1) is 18.5 Å². The van der Waals surface area contributed by atoms with Crippen LogP contribution in [0.3, 0.4) is 0 Å². The van der Waals surface area contributed by atoms with Gasteiger partial charge in [-0.2, -0.15) is 0 Å². The van der Waals surface area contributed by atoms with E-state index in [9.17, 15) is 5.11 Å². The summed E-state index contributed by atoms with van der Waals surface area (Å²) in [6.07, 6.45) is 6.18. The summed E-state index contributed by atoms with van der Waals surface area (Å²) in [5, 5.41) is 13.2. The van der Waals surface area contributed by atoms with Crippen molar-refractivity contribution in [2.75, 3.05) is 37.7 Å². The summed E-state index contributed by atoms with van der Waals surface area (Å²) in [4.78, 5) is 15.3. The first-order valence-electron chi connectivity index (χ1n) is 11.3. The average molecular weight is 424 g/mol. The smallest absolute Gasteiger partial charge is 0.187 e. The van der Waals surface area contributed by atoms with Crippen LogP contribution in [0.4, 0.5) is 5.82 Å². The predicted molar refractivity (Wildman–Crippen MR) is 123 cm³/mol. The number of anilines is 1. The average Bonchev–Trinajstić information content (AvgIpc) is 3.24. The number of benzene rings is 1. The summed E-state index contributed by atoms with van der Waals surface area (Å²) in [6.45, 7) is 5.51. The van der Waals surface area contributed by atoms with Crippen LogP contribution in [0.1, 0.15) is 37.9 Å². The van der Waals surface area contributed by atoms with Gasteiger partial charge in [-0.15, -0.1) is 11.3 Å². The fraction of sp³-hybridized carbons (Fsp3) is 0.500. The van der Waals surface area contributed by atoms with Gasteiger partial charge in [0, 0.05) is 30.6 Å². The Kier molecular flexibility index (Phi) is 5.97. The van der Waals surface area contributed by atoms with Crippen molar-refractivity contribution in [2.24, 2.45) is 5.92 Å². The first-order chi connectivity index (χ1) is 14.8. The maximum absolute atomic E-state index is 9.77. The van der Waals surface area contributed by atoms with Gasteiger partial charge >= 0.3 is 0 Å². The van der Waals surface area contributed by atoms with Crippen molar-refractivity contribution in [3.8, 4) is 11.1 Å². The number of fused-ring (bicyclic) bond motifs is 1. The monoisotopic (exact) mass is 423 g/mol. The molecular formula is C24H31N4OS+. The Morgan fingerprint density at radius 3 is 2.70 bits per heavy atom. The number of thiophene rings is 1. The van der Waals surface area contributed by atoms with Crippen molar-refractivity contribution in [1.82, 2.24) is 9.97 Å². The molecule has 0 saturated carbocycles. The number of nitrogens with zero attached hydrogens (tertiary/aromatic N) is 3. The molecule has 2 aliphatic rings. The van der Waals surface area contributed by atoms with E-state index in [1.807, 2.05) is 0 Å². The molecule has 2 aromatic heterocycles. The van der Waals surface area contributed by atoms with E-state index in [-0.39, 0.29) is 6.61 Å². The Balaban J connectivity index is 1.57. The molecule has 5 rings (SSSR count). The molecule has 30 heavy (non-hydrogen) atoms. The van der Waals surface area contributed by atoms with E-state index in [4.69, 9.17) is 9.97 Å². The van der Waals surface area contributed by atoms with E-state index in [0.717, 1.165) is 48.9 Å². The van der Waals surface area contributed by atoms with Crippen LogP contribution in [-0.2, 0) is 6.54 Å². The fourth-order valence-electron chi connectivity index (χ4n) is 4.96. The van der Waals surface area contributed by atoms with Gasteiger partial charge < -0.3 is 14.9 Å². The lowest BCUT2D eigenvalue weighted by Crippen LogP contribution is -3.11. The van der Waals surface area contributed by atoms with Gasteiger partial charge in [-0.3, -0.25) is 0 Å². The van der Waals surface area contributed by atoms with E-state index < -0.39 is 0 Å². The van der Waals surface area contributed by atoms with Gasteiger partial charge in [0.15, 0.2) is 5.82 Å². The van der Waals surface area contributed by atoms with Crippen molar-refractivity contribution in [3.63, 3.8) is 0 Å². The molecule has 6 heteroatoms. The number of hydrogen-bond acceptors (Lipinski definition) is 5. The number of aliphatic hydroxyl groups is 1. The summed E-state index contributed by atoms with van der Waals surface area (Å²) in [5.74, 6) is 2.38. The number of likely N-dealkylation sites (tertiary alicyclic amines) is 1. The van der Waals surface area contributed by atoms with Gasteiger partial charge in [0.2, 0.25) is 0 Å². The molecule has 0 unspecified atom stereocenters. The summed E-state index contributed by atoms with van der Waals surface area (Å²) in [5.41, 5.74) is 2.45. The molecule has 1 atom stereocenters. The highest BCUT2D eigenvalue weighted by atomic mass is 32.1. The van der Waals surface area contributed by atoms with Gasteiger partial charge in [-0.25, -0.2) is 9.97 Å². The highest BCUT2D eigenvalue weighted by Gasteiger charge is 2.26. The maximum Gasteiger partial charge on any atom is 0.187 e. The van der Waals surface area contributed by atoms with Crippen LogP contribution in [0.5, 0.6) is 0 Å². The Morgan fingerprint density at radius 2 is 1.90 bits per heavy atom. The zero-order valence-corrected chi connectivity index (χ0v) is 18.3. The van der Waals surface area contributed by atoms with Crippen LogP contribution in [0, 0.1) is 5.92 Å². The summed E-state index contributed by atoms with van der Waals surface area (Å²) in [7, 11) is 0. The second kappa shape index (κ2) is 9.00. The van der Waals surface area contributed by atoms with Crippen molar-refractivity contribution in [2.45, 2.75) is 38.6 Å².